The number of nitrogens with one attached hydrogen (secondary N) is 1. The summed E-state index contributed by atoms with van der Waals surface area (Å²) in [6.07, 6.45) is 1.79. The molecule has 18 heavy (non-hydrogen) atoms. The monoisotopic (exact) mass is 244 g/mol. The van der Waals surface area contributed by atoms with Crippen LogP contribution >= 0.6 is 0 Å². The number of fused-ring (bicyclic) bond motifs is 1. The number of aromatic nitrogens is 1. The van der Waals surface area contributed by atoms with Crippen molar-refractivity contribution in [3.63, 3.8) is 0 Å². The molecule has 0 amide bonds. The first-order valence-electron chi connectivity index (χ1n) is 6.28. The van der Waals surface area contributed by atoms with Gasteiger partial charge in [-0.25, -0.2) is 0 Å². The molecule has 1 heterocycles. The van der Waals surface area contributed by atoms with Crippen molar-refractivity contribution in [3.05, 3.63) is 36.5 Å². The summed E-state index contributed by atoms with van der Waals surface area (Å²) in [5, 5.41) is 4.50. The highest BCUT2D eigenvalue weighted by molar-refractivity contribution is 5.84. The predicted molar refractivity (Wildman–Crippen MR) is 75.0 cm³/mol. The summed E-state index contributed by atoms with van der Waals surface area (Å²) in [5.41, 5.74) is 1.05. The minimum atomic E-state index is 0.125. The number of rotatable bonds is 4. The third-order valence-corrected chi connectivity index (χ3v) is 2.61. The van der Waals surface area contributed by atoms with Gasteiger partial charge >= 0.3 is 0 Å². The number of nitrogens with zero attached hydrogens (tertiary/aromatic N) is 1. The van der Waals surface area contributed by atoms with Crippen LogP contribution in [0, 0.1) is 0 Å². The first-order valence-corrected chi connectivity index (χ1v) is 6.28. The molecule has 96 valence electrons. The van der Waals surface area contributed by atoms with Gasteiger partial charge in [0.2, 0.25) is 0 Å². The Bertz CT molecular complexity index is 512. The highest BCUT2D eigenvalue weighted by Crippen LogP contribution is 2.22. The Morgan fingerprint density at radius 1 is 1.17 bits per heavy atom. The highest BCUT2D eigenvalue weighted by atomic mass is 16.5. The Labute approximate surface area is 108 Å². The molecule has 1 aromatic carbocycles. The van der Waals surface area contributed by atoms with Gasteiger partial charge in [-0.05, 0) is 32.9 Å². The van der Waals surface area contributed by atoms with Gasteiger partial charge in [0.1, 0.15) is 17.9 Å². The van der Waals surface area contributed by atoms with Crippen molar-refractivity contribution in [2.45, 2.75) is 26.3 Å². The topological polar surface area (TPSA) is 34.1 Å². The number of pyridine rings is 1. The van der Waals surface area contributed by atoms with E-state index in [1.807, 2.05) is 30.3 Å². The minimum Gasteiger partial charge on any atom is -0.490 e. The molecule has 0 fully saturated rings. The smallest absolute Gasteiger partial charge is 0.145 e. The van der Waals surface area contributed by atoms with Gasteiger partial charge in [0.15, 0.2) is 0 Å². The molecule has 2 rings (SSSR count). The van der Waals surface area contributed by atoms with E-state index in [4.69, 9.17) is 4.74 Å². The van der Waals surface area contributed by atoms with Crippen LogP contribution in [0.1, 0.15) is 20.8 Å². The molecule has 0 aliphatic rings. The molecular formula is C15H20N2O. The molecule has 0 aliphatic carbocycles. The Balaban J connectivity index is 2.00. The second kappa shape index (κ2) is 5.36. The highest BCUT2D eigenvalue weighted by Gasteiger charge is 2.08. The van der Waals surface area contributed by atoms with Crippen LogP contribution in [0.15, 0.2) is 36.5 Å². The molecule has 3 heteroatoms. The van der Waals surface area contributed by atoms with Crippen LogP contribution in [-0.4, -0.2) is 23.7 Å². The van der Waals surface area contributed by atoms with Gasteiger partial charge in [0.05, 0.1) is 0 Å². The van der Waals surface area contributed by atoms with Gasteiger partial charge in [-0.3, -0.25) is 4.98 Å². The number of hydrogen-bond donors (Lipinski definition) is 1. The maximum absolute atomic E-state index is 5.79. The van der Waals surface area contributed by atoms with E-state index in [0.29, 0.717) is 6.61 Å². The summed E-state index contributed by atoms with van der Waals surface area (Å²) < 4.78 is 5.79. The molecule has 0 bridgehead atoms. The van der Waals surface area contributed by atoms with Crippen molar-refractivity contribution < 1.29 is 4.74 Å². The second-order valence-electron chi connectivity index (χ2n) is 5.36. The molecule has 0 spiro atoms. The van der Waals surface area contributed by atoms with E-state index in [2.05, 4.69) is 31.1 Å². The fraction of sp³-hybridized carbons (Fsp3) is 0.400. The van der Waals surface area contributed by atoms with E-state index in [9.17, 15) is 0 Å². The Hall–Kier alpha value is -1.61. The molecular weight excluding hydrogens is 224 g/mol. The number of ether oxygens (including phenoxy) is 1. The van der Waals surface area contributed by atoms with Crippen LogP contribution in [0.5, 0.6) is 5.75 Å². The zero-order chi connectivity index (χ0) is 13.0. The summed E-state index contributed by atoms with van der Waals surface area (Å²) in [6.45, 7) is 7.91. The maximum Gasteiger partial charge on any atom is 0.145 e. The van der Waals surface area contributed by atoms with Crippen LogP contribution < -0.4 is 10.1 Å². The lowest BCUT2D eigenvalue weighted by atomic mass is 10.1. The zero-order valence-corrected chi connectivity index (χ0v) is 11.2. The first-order chi connectivity index (χ1) is 8.56. The van der Waals surface area contributed by atoms with Gasteiger partial charge in [0, 0.05) is 23.7 Å². The van der Waals surface area contributed by atoms with Crippen molar-refractivity contribution in [1.82, 2.24) is 10.3 Å². The molecule has 0 aliphatic heterocycles. The van der Waals surface area contributed by atoms with Crippen LogP contribution in [-0.2, 0) is 0 Å². The Kier molecular flexibility index (Phi) is 3.82. The number of para-hydroxylation sites is 1. The standard InChI is InChI=1S/C15H20N2O/c1-15(2,3)17-10-11-18-13-8-4-6-12-7-5-9-16-14(12)13/h4-9,17H,10-11H2,1-3H3. The van der Waals surface area contributed by atoms with Gasteiger partial charge in [0.25, 0.3) is 0 Å². The molecule has 1 N–H and O–H groups in total. The third kappa shape index (κ3) is 3.44. The van der Waals surface area contributed by atoms with Gasteiger partial charge in [-0.2, -0.15) is 0 Å². The fourth-order valence-corrected chi connectivity index (χ4v) is 1.78. The van der Waals surface area contributed by atoms with E-state index in [0.717, 1.165) is 23.2 Å². The number of benzene rings is 1. The van der Waals surface area contributed by atoms with E-state index in [1.54, 1.807) is 6.20 Å². The normalized spacial score (nSPS) is 11.7. The van der Waals surface area contributed by atoms with Crippen molar-refractivity contribution in [2.24, 2.45) is 0 Å². The van der Waals surface area contributed by atoms with Crippen molar-refractivity contribution in [3.8, 4) is 5.75 Å². The lowest BCUT2D eigenvalue weighted by Crippen LogP contribution is -2.38. The first kappa shape index (κ1) is 12.8. The molecule has 0 unspecified atom stereocenters. The molecule has 0 radical (unpaired) electrons. The lowest BCUT2D eigenvalue weighted by molar-refractivity contribution is 0.293. The minimum absolute atomic E-state index is 0.125. The summed E-state index contributed by atoms with van der Waals surface area (Å²) >= 11 is 0. The Morgan fingerprint density at radius 3 is 2.72 bits per heavy atom. The molecule has 2 aromatic rings. The summed E-state index contributed by atoms with van der Waals surface area (Å²) in [4.78, 5) is 4.36. The SMILES string of the molecule is CC(C)(C)NCCOc1cccc2cccnc12. The largest absolute Gasteiger partial charge is 0.490 e. The van der Waals surface area contributed by atoms with Crippen molar-refractivity contribution in [1.29, 1.82) is 0 Å². The summed E-state index contributed by atoms with van der Waals surface area (Å²) in [5.74, 6) is 0.851. The van der Waals surface area contributed by atoms with Crippen LogP contribution in [0.3, 0.4) is 0 Å². The molecule has 1 aromatic heterocycles. The quantitative estimate of drug-likeness (QED) is 0.839. The van der Waals surface area contributed by atoms with Crippen molar-refractivity contribution in [2.75, 3.05) is 13.2 Å². The lowest BCUT2D eigenvalue weighted by Gasteiger charge is -2.20. The van der Waals surface area contributed by atoms with E-state index >= 15 is 0 Å². The van der Waals surface area contributed by atoms with Gasteiger partial charge in [-0.1, -0.05) is 18.2 Å². The second-order valence-corrected chi connectivity index (χ2v) is 5.36. The predicted octanol–water partition coefficient (Wildman–Crippen LogP) is 3.00. The van der Waals surface area contributed by atoms with Crippen LogP contribution in [0.4, 0.5) is 0 Å². The third-order valence-electron chi connectivity index (χ3n) is 2.61. The van der Waals surface area contributed by atoms with Gasteiger partial charge in [-0.15, -0.1) is 0 Å². The van der Waals surface area contributed by atoms with Gasteiger partial charge < -0.3 is 10.1 Å². The summed E-state index contributed by atoms with van der Waals surface area (Å²) in [7, 11) is 0. The fourth-order valence-electron chi connectivity index (χ4n) is 1.78. The molecule has 3 nitrogen and oxygen atoms in total. The van der Waals surface area contributed by atoms with E-state index in [1.165, 1.54) is 0 Å². The van der Waals surface area contributed by atoms with E-state index in [-0.39, 0.29) is 5.54 Å². The molecule has 0 saturated carbocycles. The van der Waals surface area contributed by atoms with E-state index < -0.39 is 0 Å². The zero-order valence-electron chi connectivity index (χ0n) is 11.2. The molecule has 0 saturated heterocycles. The average Bonchev–Trinajstić information content (AvgIpc) is 2.33. The average molecular weight is 244 g/mol. The van der Waals surface area contributed by atoms with Crippen molar-refractivity contribution >= 4 is 10.9 Å². The van der Waals surface area contributed by atoms with Crippen LogP contribution in [0.25, 0.3) is 10.9 Å². The van der Waals surface area contributed by atoms with Crippen LogP contribution in [0.2, 0.25) is 0 Å². The molecule has 0 atom stereocenters. The number of hydrogen-bond acceptors (Lipinski definition) is 3. The summed E-state index contributed by atoms with van der Waals surface area (Å²) in [6, 6.07) is 9.99. The maximum atomic E-state index is 5.79. The Morgan fingerprint density at radius 2 is 1.94 bits per heavy atom.